The summed E-state index contributed by atoms with van der Waals surface area (Å²) in [7, 11) is 1.64. The monoisotopic (exact) mass is 327 g/mol. The van der Waals surface area contributed by atoms with Crippen molar-refractivity contribution in [2.75, 3.05) is 13.7 Å². The van der Waals surface area contributed by atoms with E-state index in [0.717, 1.165) is 36.9 Å². The molecule has 5 nitrogen and oxygen atoms in total. The number of nitrogens with zero attached hydrogens (tertiary/aromatic N) is 2. The van der Waals surface area contributed by atoms with Gasteiger partial charge in [-0.3, -0.25) is 4.79 Å². The van der Waals surface area contributed by atoms with E-state index in [4.69, 9.17) is 4.74 Å². The second-order valence-corrected chi connectivity index (χ2v) is 6.41. The lowest BCUT2D eigenvalue weighted by molar-refractivity contribution is 0.0899. The Kier molecular flexibility index (Phi) is 5.30. The number of methoxy groups -OCH3 is 1. The number of rotatable bonds is 5. The van der Waals surface area contributed by atoms with Crippen LogP contribution in [0.3, 0.4) is 0 Å². The van der Waals surface area contributed by atoms with Crippen LogP contribution in [0.25, 0.3) is 5.69 Å². The van der Waals surface area contributed by atoms with Gasteiger partial charge in [-0.1, -0.05) is 24.6 Å². The van der Waals surface area contributed by atoms with Crippen molar-refractivity contribution in [3.63, 3.8) is 0 Å². The Bertz CT molecular complexity index is 694. The van der Waals surface area contributed by atoms with Crippen LogP contribution in [0.15, 0.2) is 30.3 Å². The van der Waals surface area contributed by atoms with Gasteiger partial charge in [-0.05, 0) is 44.7 Å². The minimum absolute atomic E-state index is 0.0363. The molecule has 0 unspecified atom stereocenters. The second kappa shape index (κ2) is 7.62. The fraction of sp³-hybridized carbons (Fsp3) is 0.474. The van der Waals surface area contributed by atoms with Crippen LogP contribution in [-0.2, 0) is 17.6 Å². The molecule has 24 heavy (non-hydrogen) atoms. The van der Waals surface area contributed by atoms with Crippen molar-refractivity contribution in [1.29, 1.82) is 0 Å². The van der Waals surface area contributed by atoms with Crippen LogP contribution in [0.4, 0.5) is 0 Å². The van der Waals surface area contributed by atoms with Gasteiger partial charge in [0.1, 0.15) is 0 Å². The van der Waals surface area contributed by atoms with E-state index in [1.54, 1.807) is 7.11 Å². The first-order valence-corrected chi connectivity index (χ1v) is 8.66. The summed E-state index contributed by atoms with van der Waals surface area (Å²) in [6, 6.07) is 10.0. The van der Waals surface area contributed by atoms with E-state index < -0.39 is 0 Å². The van der Waals surface area contributed by atoms with E-state index in [1.807, 2.05) is 41.9 Å². The van der Waals surface area contributed by atoms with E-state index in [1.165, 1.54) is 12.1 Å². The third-order valence-electron chi connectivity index (χ3n) is 4.44. The summed E-state index contributed by atoms with van der Waals surface area (Å²) < 4.78 is 7.06. The zero-order valence-corrected chi connectivity index (χ0v) is 14.4. The fourth-order valence-electron chi connectivity index (χ4n) is 3.32. The molecule has 1 heterocycles. The first-order chi connectivity index (χ1) is 11.7. The fourth-order valence-corrected chi connectivity index (χ4v) is 3.32. The number of carbonyl (C=O) groups is 1. The van der Waals surface area contributed by atoms with Crippen LogP contribution >= 0.6 is 0 Å². The van der Waals surface area contributed by atoms with Crippen molar-refractivity contribution in [2.45, 2.75) is 45.1 Å². The van der Waals surface area contributed by atoms with Crippen LogP contribution in [-0.4, -0.2) is 35.4 Å². The molecule has 0 radical (unpaired) electrons. The first kappa shape index (κ1) is 16.7. The molecule has 2 aromatic rings. The molecule has 1 aliphatic carbocycles. The minimum Gasteiger partial charge on any atom is -0.383 e. The number of hydrogen-bond donors (Lipinski definition) is 1. The molecule has 1 aliphatic rings. The number of nitrogens with one attached hydrogen (secondary N) is 1. The Morgan fingerprint density at radius 1 is 1.25 bits per heavy atom. The van der Waals surface area contributed by atoms with Gasteiger partial charge in [-0.2, -0.15) is 5.10 Å². The highest BCUT2D eigenvalue weighted by Gasteiger charge is 2.25. The maximum absolute atomic E-state index is 12.7. The molecule has 128 valence electrons. The van der Waals surface area contributed by atoms with Crippen molar-refractivity contribution >= 4 is 5.91 Å². The molecule has 3 rings (SSSR count). The lowest BCUT2D eigenvalue weighted by Gasteiger charge is -2.12. The van der Waals surface area contributed by atoms with Crippen LogP contribution in [0.5, 0.6) is 0 Å². The van der Waals surface area contributed by atoms with Gasteiger partial charge in [0.25, 0.3) is 5.91 Å². The number of para-hydroxylation sites is 1. The summed E-state index contributed by atoms with van der Waals surface area (Å²) >= 11 is 0. The van der Waals surface area contributed by atoms with Crippen molar-refractivity contribution in [3.05, 3.63) is 47.3 Å². The molecule has 0 aliphatic heterocycles. The number of ether oxygens (including phenoxy) is 1. The minimum atomic E-state index is -0.104. The molecule has 1 N–H and O–H groups in total. The lowest BCUT2D eigenvalue weighted by atomic mass is 10.1. The van der Waals surface area contributed by atoms with E-state index >= 15 is 0 Å². The topological polar surface area (TPSA) is 56.1 Å². The van der Waals surface area contributed by atoms with Gasteiger partial charge in [-0.15, -0.1) is 0 Å². The summed E-state index contributed by atoms with van der Waals surface area (Å²) in [5.74, 6) is -0.104. The third-order valence-corrected chi connectivity index (χ3v) is 4.44. The normalized spacial score (nSPS) is 15.4. The first-order valence-electron chi connectivity index (χ1n) is 8.66. The molecule has 1 atom stereocenters. The maximum Gasteiger partial charge on any atom is 0.272 e. The van der Waals surface area contributed by atoms with Gasteiger partial charge >= 0.3 is 0 Å². The van der Waals surface area contributed by atoms with E-state index in [9.17, 15) is 4.79 Å². The number of carbonyl (C=O) groups excluding carboxylic acids is 1. The highest BCUT2D eigenvalue weighted by atomic mass is 16.5. The van der Waals surface area contributed by atoms with Gasteiger partial charge in [0, 0.05) is 24.4 Å². The zero-order chi connectivity index (χ0) is 16.9. The molecule has 1 aromatic heterocycles. The maximum atomic E-state index is 12.7. The summed E-state index contributed by atoms with van der Waals surface area (Å²) in [4.78, 5) is 12.7. The molecule has 0 bridgehead atoms. The molecule has 0 spiro atoms. The van der Waals surface area contributed by atoms with Crippen molar-refractivity contribution in [1.82, 2.24) is 15.1 Å². The zero-order valence-electron chi connectivity index (χ0n) is 14.4. The average molecular weight is 327 g/mol. The Hall–Kier alpha value is -2.14. The van der Waals surface area contributed by atoms with Crippen molar-refractivity contribution < 1.29 is 9.53 Å². The summed E-state index contributed by atoms with van der Waals surface area (Å²) in [6.07, 6.45) is 5.35. The molecular formula is C19H25N3O2. The number of amides is 1. The number of fused-ring (bicyclic) bond motifs is 1. The second-order valence-electron chi connectivity index (χ2n) is 6.41. The Morgan fingerprint density at radius 2 is 2.00 bits per heavy atom. The van der Waals surface area contributed by atoms with E-state index in [-0.39, 0.29) is 11.9 Å². The van der Waals surface area contributed by atoms with Crippen LogP contribution in [0, 0.1) is 0 Å². The van der Waals surface area contributed by atoms with Crippen LogP contribution < -0.4 is 5.32 Å². The highest BCUT2D eigenvalue weighted by Crippen LogP contribution is 2.26. The smallest absolute Gasteiger partial charge is 0.272 e. The van der Waals surface area contributed by atoms with Gasteiger partial charge in [0.15, 0.2) is 5.69 Å². The third kappa shape index (κ3) is 3.51. The SMILES string of the molecule is COC[C@H](C)NC(=O)c1nn(-c2ccccc2)c2c1CCCCC2. The molecular weight excluding hydrogens is 302 g/mol. The summed E-state index contributed by atoms with van der Waals surface area (Å²) in [6.45, 7) is 2.43. The highest BCUT2D eigenvalue weighted by molar-refractivity contribution is 5.94. The van der Waals surface area contributed by atoms with E-state index in [0.29, 0.717) is 12.3 Å². The molecule has 0 fully saturated rings. The van der Waals surface area contributed by atoms with Gasteiger partial charge < -0.3 is 10.1 Å². The number of aromatic nitrogens is 2. The van der Waals surface area contributed by atoms with Gasteiger partial charge in [0.05, 0.1) is 12.3 Å². The predicted octanol–water partition coefficient (Wildman–Crippen LogP) is 2.91. The van der Waals surface area contributed by atoms with Crippen LogP contribution in [0.1, 0.15) is 47.9 Å². The molecule has 5 heteroatoms. The Morgan fingerprint density at radius 3 is 2.75 bits per heavy atom. The van der Waals surface area contributed by atoms with Gasteiger partial charge in [0.2, 0.25) is 0 Å². The number of hydrogen-bond acceptors (Lipinski definition) is 3. The molecule has 0 saturated carbocycles. The van der Waals surface area contributed by atoms with Crippen molar-refractivity contribution in [2.24, 2.45) is 0 Å². The standard InChI is InChI=1S/C19H25N3O2/c1-14(13-24-2)20-19(23)18-16-11-7-4-8-12-17(16)22(21-18)15-9-5-3-6-10-15/h3,5-6,9-10,14H,4,7-8,11-13H2,1-2H3,(H,20,23)/t14-/m0/s1. The Balaban J connectivity index is 1.97. The largest absolute Gasteiger partial charge is 0.383 e. The Labute approximate surface area is 143 Å². The molecule has 1 amide bonds. The van der Waals surface area contributed by atoms with Crippen molar-refractivity contribution in [3.8, 4) is 5.69 Å². The van der Waals surface area contributed by atoms with E-state index in [2.05, 4.69) is 10.4 Å². The molecule has 1 aromatic carbocycles. The average Bonchev–Trinajstić information content (AvgIpc) is 2.77. The van der Waals surface area contributed by atoms with Gasteiger partial charge in [-0.25, -0.2) is 4.68 Å². The lowest BCUT2D eigenvalue weighted by Crippen LogP contribution is -2.36. The quantitative estimate of drug-likeness (QED) is 0.859. The summed E-state index contributed by atoms with van der Waals surface area (Å²) in [5.41, 5.74) is 3.88. The number of benzene rings is 1. The summed E-state index contributed by atoms with van der Waals surface area (Å²) in [5, 5.41) is 7.67. The molecule has 0 saturated heterocycles. The van der Waals surface area contributed by atoms with Crippen LogP contribution in [0.2, 0.25) is 0 Å². The predicted molar refractivity (Wildman–Crippen MR) is 93.6 cm³/mol.